The van der Waals surface area contributed by atoms with Gasteiger partial charge in [-0.1, -0.05) is 0 Å². The molecule has 8 heteroatoms. The Bertz CT molecular complexity index is 478. The molecular formula is C10H11I3N2O3. The van der Waals surface area contributed by atoms with E-state index in [0.29, 0.717) is 5.56 Å². The van der Waals surface area contributed by atoms with E-state index < -0.39 is 5.97 Å². The fourth-order valence-corrected chi connectivity index (χ4v) is 4.72. The zero-order valence-corrected chi connectivity index (χ0v) is 16.0. The van der Waals surface area contributed by atoms with Gasteiger partial charge in [0.2, 0.25) is 5.91 Å². The first kappa shape index (κ1) is 18.3. The van der Waals surface area contributed by atoms with Gasteiger partial charge in [0.15, 0.2) is 0 Å². The minimum atomic E-state index is -0.853. The van der Waals surface area contributed by atoms with Gasteiger partial charge in [-0.3, -0.25) is 10.2 Å². The van der Waals surface area contributed by atoms with Crippen LogP contribution in [0.1, 0.15) is 22.8 Å². The molecule has 0 aromatic heterocycles. The van der Waals surface area contributed by atoms with E-state index in [-0.39, 0.29) is 5.91 Å². The Morgan fingerprint density at radius 2 is 1.72 bits per heavy atom. The molecule has 0 atom stereocenters. The number of nitrogens with two attached hydrogens (primary N) is 1. The molecule has 0 aliphatic heterocycles. The van der Waals surface area contributed by atoms with Crippen molar-refractivity contribution in [2.75, 3.05) is 0 Å². The monoisotopic (exact) mass is 588 g/mol. The van der Waals surface area contributed by atoms with Gasteiger partial charge in [-0.05, 0) is 86.3 Å². The Morgan fingerprint density at radius 3 is 2.06 bits per heavy atom. The van der Waals surface area contributed by atoms with Crippen LogP contribution < -0.4 is 11.3 Å². The van der Waals surface area contributed by atoms with Gasteiger partial charge in [-0.2, -0.15) is 0 Å². The number of hydrogen-bond donors (Lipinski definition) is 3. The van der Waals surface area contributed by atoms with Crippen molar-refractivity contribution in [1.82, 2.24) is 5.43 Å². The predicted molar refractivity (Wildman–Crippen MR) is 94.3 cm³/mol. The number of aromatic carboxylic acids is 1. The second kappa shape index (κ2) is 8.47. The number of rotatable bonds is 1. The second-order valence-corrected chi connectivity index (χ2v) is 6.56. The summed E-state index contributed by atoms with van der Waals surface area (Å²) in [5, 5.41) is 8.95. The number of carbonyl (C=O) groups excluding carboxylic acids is 1. The summed E-state index contributed by atoms with van der Waals surface area (Å²) in [5.74, 6) is 3.50. The third kappa shape index (κ3) is 5.52. The predicted octanol–water partition coefficient (Wildman–Crippen LogP) is 2.50. The van der Waals surface area contributed by atoms with Crippen LogP contribution in [0.15, 0.2) is 6.07 Å². The molecule has 4 N–H and O–H groups in total. The van der Waals surface area contributed by atoms with E-state index in [2.05, 4.69) is 73.6 Å². The van der Waals surface area contributed by atoms with E-state index >= 15 is 0 Å². The van der Waals surface area contributed by atoms with Crippen LogP contribution in [0.4, 0.5) is 0 Å². The maximum atomic E-state index is 10.9. The summed E-state index contributed by atoms with van der Waals surface area (Å²) in [6.45, 7) is 3.28. The van der Waals surface area contributed by atoms with Crippen LogP contribution in [0.3, 0.4) is 0 Å². The van der Waals surface area contributed by atoms with Crippen molar-refractivity contribution in [2.45, 2.75) is 13.8 Å². The number of benzene rings is 1. The Labute approximate surface area is 146 Å². The average Bonchev–Trinajstić information content (AvgIpc) is 2.26. The summed E-state index contributed by atoms with van der Waals surface area (Å²) in [7, 11) is 0. The SMILES string of the molecule is CC(=O)NN.Cc1c(I)cc(I)c(C(=O)O)c1I. The molecule has 0 heterocycles. The molecule has 0 aliphatic rings. The highest BCUT2D eigenvalue weighted by Gasteiger charge is 2.16. The lowest BCUT2D eigenvalue weighted by atomic mass is 10.1. The molecule has 0 saturated heterocycles. The van der Waals surface area contributed by atoms with Crippen molar-refractivity contribution in [3.63, 3.8) is 0 Å². The molecule has 1 rings (SSSR count). The quantitative estimate of drug-likeness (QED) is 0.204. The van der Waals surface area contributed by atoms with E-state index in [1.165, 1.54) is 6.92 Å². The number of amides is 1. The van der Waals surface area contributed by atoms with Crippen molar-refractivity contribution in [3.8, 4) is 0 Å². The van der Waals surface area contributed by atoms with Crippen molar-refractivity contribution in [2.24, 2.45) is 5.84 Å². The topological polar surface area (TPSA) is 92.4 Å². The molecule has 1 aromatic rings. The van der Waals surface area contributed by atoms with Crippen molar-refractivity contribution in [1.29, 1.82) is 0 Å². The summed E-state index contributed by atoms with van der Waals surface area (Å²) >= 11 is 6.35. The number of halogens is 3. The molecule has 0 bridgehead atoms. The summed E-state index contributed by atoms with van der Waals surface area (Å²) in [4.78, 5) is 20.5. The first-order chi connectivity index (χ1) is 8.22. The molecule has 5 nitrogen and oxygen atoms in total. The normalized spacial score (nSPS) is 9.22. The summed E-state index contributed by atoms with van der Waals surface area (Å²) in [5.41, 5.74) is 3.35. The van der Waals surface area contributed by atoms with E-state index in [9.17, 15) is 9.59 Å². The van der Waals surface area contributed by atoms with Gasteiger partial charge in [-0.15, -0.1) is 0 Å². The molecule has 0 unspecified atom stereocenters. The molecule has 0 spiro atoms. The van der Waals surface area contributed by atoms with Crippen LogP contribution in [0.5, 0.6) is 0 Å². The lowest BCUT2D eigenvalue weighted by molar-refractivity contribution is -0.119. The maximum absolute atomic E-state index is 10.9. The van der Waals surface area contributed by atoms with Crippen molar-refractivity contribution in [3.05, 3.63) is 27.9 Å². The van der Waals surface area contributed by atoms with Gasteiger partial charge in [-0.25, -0.2) is 10.6 Å². The second-order valence-electron chi connectivity index (χ2n) is 3.16. The van der Waals surface area contributed by atoms with Crippen LogP contribution >= 0.6 is 67.8 Å². The third-order valence-corrected chi connectivity index (χ3v) is 5.14. The van der Waals surface area contributed by atoms with Crippen LogP contribution in [-0.4, -0.2) is 17.0 Å². The van der Waals surface area contributed by atoms with E-state index in [1.54, 1.807) is 0 Å². The molecule has 0 aliphatic carbocycles. The molecule has 0 fully saturated rings. The standard InChI is InChI=1S/C8H5I3O2.C2H6N2O/c1-3-4(9)2-5(10)6(7(3)11)8(12)13;1-2(5)4-3/h2H,1H3,(H,12,13);3H2,1H3,(H,4,5). The van der Waals surface area contributed by atoms with Gasteiger partial charge in [0, 0.05) is 17.6 Å². The minimum Gasteiger partial charge on any atom is -0.478 e. The van der Waals surface area contributed by atoms with Gasteiger partial charge in [0.25, 0.3) is 0 Å². The van der Waals surface area contributed by atoms with E-state index in [4.69, 9.17) is 5.11 Å². The number of nitrogens with one attached hydrogen (secondary N) is 1. The van der Waals surface area contributed by atoms with Gasteiger partial charge >= 0.3 is 5.97 Å². The third-order valence-electron chi connectivity index (χ3n) is 1.82. The number of carboxylic acid groups (broad SMARTS) is 1. The molecule has 0 saturated carbocycles. The Kier molecular flexibility index (Phi) is 8.62. The zero-order valence-electron chi connectivity index (χ0n) is 9.55. The highest BCUT2D eigenvalue weighted by molar-refractivity contribution is 14.1. The minimum absolute atomic E-state index is 0.218. The van der Waals surface area contributed by atoms with Gasteiger partial charge in [0.05, 0.1) is 5.56 Å². The Morgan fingerprint density at radius 1 is 1.28 bits per heavy atom. The number of carbonyl (C=O) groups is 2. The van der Waals surface area contributed by atoms with Crippen LogP contribution in [-0.2, 0) is 4.79 Å². The lowest BCUT2D eigenvalue weighted by Crippen LogP contribution is -2.26. The highest BCUT2D eigenvalue weighted by Crippen LogP contribution is 2.26. The van der Waals surface area contributed by atoms with Crippen LogP contribution in [0.2, 0.25) is 0 Å². The number of carboxylic acids is 1. The molecule has 1 aromatic carbocycles. The zero-order chi connectivity index (χ0) is 14.5. The Hall–Kier alpha value is 0.310. The van der Waals surface area contributed by atoms with Crippen molar-refractivity contribution >= 4 is 79.6 Å². The molecule has 1 amide bonds. The Balaban J connectivity index is 0.000000494. The molecule has 18 heavy (non-hydrogen) atoms. The smallest absolute Gasteiger partial charge is 0.337 e. The fraction of sp³-hybridized carbons (Fsp3) is 0.200. The first-order valence-corrected chi connectivity index (χ1v) is 7.80. The van der Waals surface area contributed by atoms with Crippen molar-refractivity contribution < 1.29 is 14.7 Å². The fourth-order valence-electron chi connectivity index (χ4n) is 0.885. The van der Waals surface area contributed by atoms with Crippen LogP contribution in [0.25, 0.3) is 0 Å². The lowest BCUT2D eigenvalue weighted by Gasteiger charge is -2.07. The van der Waals surface area contributed by atoms with E-state index in [1.807, 2.05) is 18.4 Å². The molecular weight excluding hydrogens is 577 g/mol. The number of hydrazine groups is 1. The highest BCUT2D eigenvalue weighted by atomic mass is 127. The molecule has 100 valence electrons. The summed E-state index contributed by atoms with van der Waals surface area (Å²) in [6, 6.07) is 1.89. The molecule has 0 radical (unpaired) electrons. The summed E-state index contributed by atoms with van der Waals surface area (Å²) in [6.07, 6.45) is 0. The maximum Gasteiger partial charge on any atom is 0.337 e. The largest absolute Gasteiger partial charge is 0.478 e. The number of hydrogen-bond acceptors (Lipinski definition) is 3. The average molecular weight is 588 g/mol. The first-order valence-electron chi connectivity index (χ1n) is 4.56. The van der Waals surface area contributed by atoms with Gasteiger partial charge in [0.1, 0.15) is 0 Å². The van der Waals surface area contributed by atoms with Gasteiger partial charge < -0.3 is 5.11 Å². The summed E-state index contributed by atoms with van der Waals surface area (Å²) < 4.78 is 2.74. The van der Waals surface area contributed by atoms with E-state index in [0.717, 1.165) is 16.3 Å². The van der Waals surface area contributed by atoms with Crippen LogP contribution in [0, 0.1) is 17.6 Å².